The molecule has 2 fully saturated rings. The molecule has 1 saturated carbocycles. The Morgan fingerprint density at radius 1 is 1.60 bits per heavy atom. The highest BCUT2D eigenvalue weighted by Crippen LogP contribution is 2.60. The first kappa shape index (κ1) is 9.55. The smallest absolute Gasteiger partial charge is 0.236 e. The molecule has 4 atom stereocenters. The van der Waals surface area contributed by atoms with Gasteiger partial charge in [0.25, 0.3) is 0 Å². The van der Waals surface area contributed by atoms with Crippen LogP contribution >= 0.6 is 0 Å². The van der Waals surface area contributed by atoms with Gasteiger partial charge >= 0.3 is 0 Å². The summed E-state index contributed by atoms with van der Waals surface area (Å²) in [6, 6.07) is 0. The minimum atomic E-state index is -0.962. The van der Waals surface area contributed by atoms with Gasteiger partial charge in [0, 0.05) is 24.4 Å². The summed E-state index contributed by atoms with van der Waals surface area (Å²) in [5.41, 5.74) is 1.35. The molecule has 0 aromatic rings. The van der Waals surface area contributed by atoms with E-state index in [9.17, 15) is 4.79 Å². The summed E-state index contributed by atoms with van der Waals surface area (Å²) in [7, 11) is 1.58. The number of Topliss-reactive ketones (excluding diaryl/α,β-unsaturated/α-hetero) is 1. The Labute approximate surface area is 89.4 Å². The number of allylic oxidation sites excluding steroid dienone is 1. The van der Waals surface area contributed by atoms with Crippen LogP contribution in [0, 0.1) is 17.3 Å². The van der Waals surface area contributed by atoms with Crippen LogP contribution < -0.4 is 0 Å². The second-order valence-corrected chi connectivity index (χ2v) is 5.33. The third kappa shape index (κ3) is 0.871. The van der Waals surface area contributed by atoms with Crippen molar-refractivity contribution in [2.24, 2.45) is 17.3 Å². The Kier molecular flexibility index (Phi) is 1.61. The zero-order valence-electron chi connectivity index (χ0n) is 9.37. The van der Waals surface area contributed by atoms with Gasteiger partial charge in [-0.1, -0.05) is 18.6 Å². The summed E-state index contributed by atoms with van der Waals surface area (Å²) in [6.07, 6.45) is 3.01. The van der Waals surface area contributed by atoms with Crippen LogP contribution in [0.3, 0.4) is 0 Å². The summed E-state index contributed by atoms with van der Waals surface area (Å²) >= 11 is 0. The van der Waals surface area contributed by atoms with Crippen molar-refractivity contribution in [1.29, 1.82) is 0 Å². The van der Waals surface area contributed by atoms with Crippen molar-refractivity contribution in [2.45, 2.75) is 26.1 Å². The van der Waals surface area contributed by atoms with Crippen LogP contribution in [-0.2, 0) is 14.3 Å². The van der Waals surface area contributed by atoms with E-state index in [-0.39, 0.29) is 23.0 Å². The van der Waals surface area contributed by atoms with Gasteiger partial charge in [-0.2, -0.15) is 0 Å². The third-order valence-electron chi connectivity index (χ3n) is 4.28. The number of carbonyl (C=O) groups is 1. The van der Waals surface area contributed by atoms with Crippen molar-refractivity contribution in [3.05, 3.63) is 11.6 Å². The van der Waals surface area contributed by atoms with E-state index in [0.29, 0.717) is 6.61 Å². The van der Waals surface area contributed by atoms with E-state index in [4.69, 9.17) is 9.47 Å². The van der Waals surface area contributed by atoms with Gasteiger partial charge < -0.3 is 9.47 Å². The molecule has 82 valence electrons. The molecule has 1 aliphatic heterocycles. The molecular formula is C12H16O3. The highest BCUT2D eigenvalue weighted by atomic mass is 16.7. The van der Waals surface area contributed by atoms with E-state index in [0.717, 1.165) is 6.42 Å². The predicted octanol–water partition coefficient (Wildman–Crippen LogP) is 1.53. The normalized spacial score (nSPS) is 52.2. The standard InChI is InChI=1S/C12H16O3/c1-7-4-8-5-11(2)6-15-12(14-3,9(7)11)10(8)13/h4,8-9H,5-6H2,1-3H3/t8-,9+,11+,12-/m1/s1. The molecule has 4 bridgehead atoms. The Hall–Kier alpha value is -0.670. The van der Waals surface area contributed by atoms with Crippen molar-refractivity contribution in [2.75, 3.05) is 13.7 Å². The molecular weight excluding hydrogens is 192 g/mol. The zero-order chi connectivity index (χ0) is 10.8. The Morgan fingerprint density at radius 2 is 2.33 bits per heavy atom. The summed E-state index contributed by atoms with van der Waals surface area (Å²) in [6.45, 7) is 4.93. The van der Waals surface area contributed by atoms with Crippen molar-refractivity contribution >= 4 is 5.78 Å². The lowest BCUT2D eigenvalue weighted by Gasteiger charge is -2.48. The van der Waals surface area contributed by atoms with E-state index < -0.39 is 5.79 Å². The van der Waals surface area contributed by atoms with Crippen LogP contribution in [0.15, 0.2) is 11.6 Å². The fraction of sp³-hybridized carbons (Fsp3) is 0.750. The number of carbonyl (C=O) groups excluding carboxylic acids is 1. The lowest BCUT2D eigenvalue weighted by atomic mass is 9.56. The number of methoxy groups -OCH3 is 1. The lowest BCUT2D eigenvalue weighted by Crippen LogP contribution is -2.58. The van der Waals surface area contributed by atoms with Gasteiger partial charge in [-0.3, -0.25) is 4.79 Å². The van der Waals surface area contributed by atoms with Gasteiger partial charge in [0.1, 0.15) is 0 Å². The highest BCUT2D eigenvalue weighted by molar-refractivity contribution is 5.93. The van der Waals surface area contributed by atoms with E-state index in [1.807, 2.05) is 0 Å². The molecule has 3 aliphatic carbocycles. The van der Waals surface area contributed by atoms with Gasteiger partial charge in [0.15, 0.2) is 5.78 Å². The van der Waals surface area contributed by atoms with Gasteiger partial charge in [-0.15, -0.1) is 0 Å². The van der Waals surface area contributed by atoms with Crippen LogP contribution in [0.1, 0.15) is 20.3 Å². The molecule has 0 amide bonds. The first-order valence-electron chi connectivity index (χ1n) is 5.45. The minimum Gasteiger partial charge on any atom is -0.346 e. The number of ether oxygens (including phenoxy) is 2. The number of ketones is 1. The SMILES string of the molecule is CO[C@@]12OC[C@]3(C)C[C@@H](C=C(C)[C@@H]31)C2=O. The molecule has 0 unspecified atom stereocenters. The Morgan fingerprint density at radius 3 is 2.93 bits per heavy atom. The van der Waals surface area contributed by atoms with Crippen molar-refractivity contribution < 1.29 is 14.3 Å². The van der Waals surface area contributed by atoms with Gasteiger partial charge in [0.2, 0.25) is 5.79 Å². The van der Waals surface area contributed by atoms with E-state index in [1.165, 1.54) is 5.57 Å². The fourth-order valence-electron chi connectivity index (χ4n) is 3.82. The summed E-state index contributed by atoms with van der Waals surface area (Å²) in [5.74, 6) is -0.721. The fourth-order valence-corrected chi connectivity index (χ4v) is 3.82. The zero-order valence-corrected chi connectivity index (χ0v) is 9.37. The quantitative estimate of drug-likeness (QED) is 0.613. The Bertz CT molecular complexity index is 373. The highest BCUT2D eigenvalue weighted by Gasteiger charge is 2.68. The first-order valence-corrected chi connectivity index (χ1v) is 5.45. The van der Waals surface area contributed by atoms with Gasteiger partial charge in [-0.25, -0.2) is 0 Å². The molecule has 15 heavy (non-hydrogen) atoms. The largest absolute Gasteiger partial charge is 0.346 e. The molecule has 0 radical (unpaired) electrons. The van der Waals surface area contributed by atoms with Crippen LogP contribution in [-0.4, -0.2) is 25.3 Å². The maximum Gasteiger partial charge on any atom is 0.236 e. The molecule has 3 nitrogen and oxygen atoms in total. The van der Waals surface area contributed by atoms with Gasteiger partial charge in [-0.05, 0) is 13.3 Å². The average Bonchev–Trinajstić information content (AvgIpc) is 2.46. The molecule has 0 spiro atoms. The second-order valence-electron chi connectivity index (χ2n) is 5.33. The van der Waals surface area contributed by atoms with Crippen LogP contribution in [0.4, 0.5) is 0 Å². The van der Waals surface area contributed by atoms with E-state index >= 15 is 0 Å². The van der Waals surface area contributed by atoms with Crippen molar-refractivity contribution in [3.8, 4) is 0 Å². The molecule has 4 rings (SSSR count). The lowest BCUT2D eigenvalue weighted by molar-refractivity contribution is -0.217. The third-order valence-corrected chi connectivity index (χ3v) is 4.28. The average molecular weight is 208 g/mol. The molecule has 0 aromatic heterocycles. The van der Waals surface area contributed by atoms with E-state index in [1.54, 1.807) is 7.11 Å². The van der Waals surface area contributed by atoms with E-state index in [2.05, 4.69) is 19.9 Å². The van der Waals surface area contributed by atoms with Crippen LogP contribution in [0.2, 0.25) is 0 Å². The van der Waals surface area contributed by atoms with Crippen molar-refractivity contribution in [1.82, 2.24) is 0 Å². The number of rotatable bonds is 1. The summed E-state index contributed by atoms with van der Waals surface area (Å²) in [4.78, 5) is 12.2. The molecule has 0 aromatic carbocycles. The maximum absolute atomic E-state index is 12.2. The second kappa shape index (κ2) is 2.53. The van der Waals surface area contributed by atoms with Crippen LogP contribution in [0.25, 0.3) is 0 Å². The first-order chi connectivity index (χ1) is 7.03. The number of hydrogen-bond acceptors (Lipinski definition) is 3. The Balaban J connectivity index is 2.21. The molecule has 1 heterocycles. The van der Waals surface area contributed by atoms with Gasteiger partial charge in [0.05, 0.1) is 6.61 Å². The molecule has 0 N–H and O–H groups in total. The minimum absolute atomic E-state index is 0.00227. The summed E-state index contributed by atoms with van der Waals surface area (Å²) in [5, 5.41) is 0. The monoisotopic (exact) mass is 208 g/mol. The van der Waals surface area contributed by atoms with Crippen molar-refractivity contribution in [3.63, 3.8) is 0 Å². The molecule has 1 saturated heterocycles. The van der Waals surface area contributed by atoms with Crippen LogP contribution in [0.5, 0.6) is 0 Å². The number of hydrogen-bond donors (Lipinski definition) is 0. The molecule has 3 heteroatoms. The summed E-state index contributed by atoms with van der Waals surface area (Å²) < 4.78 is 11.2. The maximum atomic E-state index is 12.2. The predicted molar refractivity (Wildman–Crippen MR) is 54.2 cm³/mol. The topological polar surface area (TPSA) is 35.5 Å². The molecule has 4 aliphatic rings.